The van der Waals surface area contributed by atoms with E-state index in [1.165, 1.54) is 24.3 Å². The molecule has 0 saturated carbocycles. The predicted molar refractivity (Wildman–Crippen MR) is 101 cm³/mol. The van der Waals surface area contributed by atoms with Crippen molar-refractivity contribution in [3.63, 3.8) is 0 Å². The maximum atomic E-state index is 12.0. The first-order valence-corrected chi connectivity index (χ1v) is 8.51. The van der Waals surface area contributed by atoms with E-state index in [2.05, 4.69) is 15.2 Å². The van der Waals surface area contributed by atoms with Gasteiger partial charge in [0.1, 0.15) is 17.4 Å². The van der Waals surface area contributed by atoms with Gasteiger partial charge in [-0.05, 0) is 18.1 Å². The molecule has 2 N–H and O–H groups in total. The summed E-state index contributed by atoms with van der Waals surface area (Å²) in [6.07, 6.45) is 1.11. The van der Waals surface area contributed by atoms with Crippen LogP contribution >= 0.6 is 11.6 Å². The van der Waals surface area contributed by atoms with Gasteiger partial charge in [-0.25, -0.2) is 9.89 Å². The van der Waals surface area contributed by atoms with E-state index in [-0.39, 0.29) is 33.6 Å². The van der Waals surface area contributed by atoms with Crippen LogP contribution < -0.4 is 21.5 Å². The molecule has 0 aliphatic rings. The monoisotopic (exact) mass is 399 g/mol. The third-order valence-electron chi connectivity index (χ3n) is 3.89. The molecule has 0 amide bonds. The molecule has 0 spiro atoms. The van der Waals surface area contributed by atoms with Gasteiger partial charge in [-0.15, -0.1) is 5.10 Å². The van der Waals surface area contributed by atoms with Crippen molar-refractivity contribution in [2.45, 2.75) is 19.8 Å². The van der Waals surface area contributed by atoms with Crippen LogP contribution in [0.25, 0.3) is 5.69 Å². The normalized spacial score (nSPS) is 10.7. The van der Waals surface area contributed by atoms with Crippen molar-refractivity contribution < 1.29 is 4.74 Å². The van der Waals surface area contributed by atoms with E-state index < -0.39 is 11.2 Å². The Balaban J connectivity index is 1.97. The molecule has 142 valence electrons. The van der Waals surface area contributed by atoms with Gasteiger partial charge >= 0.3 is 5.69 Å². The van der Waals surface area contributed by atoms with Crippen molar-refractivity contribution in [3.8, 4) is 23.4 Å². The Morgan fingerprint density at radius 2 is 1.96 bits per heavy atom. The summed E-state index contributed by atoms with van der Waals surface area (Å²) >= 11 is 6.25. The molecular formula is C18H14ClN5O4. The Morgan fingerprint density at radius 3 is 2.61 bits per heavy atom. The number of hydrogen-bond donors (Lipinski definition) is 2. The fourth-order valence-electron chi connectivity index (χ4n) is 2.48. The first-order valence-electron chi connectivity index (χ1n) is 8.13. The molecule has 2 aromatic heterocycles. The maximum absolute atomic E-state index is 12.0. The van der Waals surface area contributed by atoms with E-state index in [9.17, 15) is 14.4 Å². The van der Waals surface area contributed by atoms with Crippen LogP contribution in [0.15, 0.2) is 44.8 Å². The highest BCUT2D eigenvalue weighted by atomic mass is 35.5. The van der Waals surface area contributed by atoms with Crippen molar-refractivity contribution in [2.75, 3.05) is 0 Å². The average Bonchev–Trinajstić information content (AvgIpc) is 2.64. The largest absolute Gasteiger partial charge is 0.438 e. The zero-order valence-electron chi connectivity index (χ0n) is 14.8. The highest BCUT2D eigenvalue weighted by Crippen LogP contribution is 2.28. The number of H-pyrrole nitrogens is 2. The van der Waals surface area contributed by atoms with E-state index >= 15 is 0 Å². The van der Waals surface area contributed by atoms with Crippen LogP contribution in [0.3, 0.4) is 0 Å². The minimum absolute atomic E-state index is 0.0125. The number of aromatic amines is 2. The summed E-state index contributed by atoms with van der Waals surface area (Å²) in [6.45, 7) is 3.74. The van der Waals surface area contributed by atoms with Gasteiger partial charge in [0.05, 0.1) is 10.7 Å². The second-order valence-corrected chi connectivity index (χ2v) is 6.55. The number of benzene rings is 1. The van der Waals surface area contributed by atoms with Crippen molar-refractivity contribution >= 4 is 11.6 Å². The van der Waals surface area contributed by atoms with Crippen molar-refractivity contribution in [1.82, 2.24) is 19.7 Å². The minimum atomic E-state index is -0.773. The van der Waals surface area contributed by atoms with E-state index in [4.69, 9.17) is 21.6 Å². The molecule has 28 heavy (non-hydrogen) atoms. The number of rotatable bonds is 4. The van der Waals surface area contributed by atoms with Crippen LogP contribution in [0.5, 0.6) is 11.6 Å². The Bertz CT molecular complexity index is 1270. The van der Waals surface area contributed by atoms with Crippen molar-refractivity contribution in [1.29, 1.82) is 5.26 Å². The third kappa shape index (κ3) is 3.72. The highest BCUT2D eigenvalue weighted by molar-refractivity contribution is 6.32. The standard InChI is InChI=1S/C18H14ClN5O4/c1-9(2)12-6-15(22-23-17(12)26)28-11-3-4-14(13(19)5-11)24-8-10(7-20)16(25)21-18(24)27/h3-6,8-9H,1-2H3,(H,23,26)(H,21,25,27). The molecule has 9 nitrogen and oxygen atoms in total. The topological polar surface area (TPSA) is 134 Å². The summed E-state index contributed by atoms with van der Waals surface area (Å²) in [5.41, 5.74) is -1.25. The van der Waals surface area contributed by atoms with Crippen LogP contribution in [-0.2, 0) is 0 Å². The van der Waals surface area contributed by atoms with Gasteiger partial charge in [-0.2, -0.15) is 5.26 Å². The van der Waals surface area contributed by atoms with Crippen LogP contribution in [0, 0.1) is 11.3 Å². The summed E-state index contributed by atoms with van der Waals surface area (Å²) in [7, 11) is 0. The lowest BCUT2D eigenvalue weighted by Crippen LogP contribution is -2.30. The van der Waals surface area contributed by atoms with E-state index in [1.807, 2.05) is 13.8 Å². The summed E-state index contributed by atoms with van der Waals surface area (Å²) in [5, 5.41) is 15.3. The second kappa shape index (κ2) is 7.54. The number of aromatic nitrogens is 4. The highest BCUT2D eigenvalue weighted by Gasteiger charge is 2.12. The van der Waals surface area contributed by atoms with Gasteiger partial charge in [-0.3, -0.25) is 19.1 Å². The lowest BCUT2D eigenvalue weighted by Gasteiger charge is -2.11. The summed E-state index contributed by atoms with van der Waals surface area (Å²) in [6, 6.07) is 7.72. The van der Waals surface area contributed by atoms with Crippen molar-refractivity contribution in [3.05, 3.63) is 77.8 Å². The Morgan fingerprint density at radius 1 is 1.21 bits per heavy atom. The number of halogens is 1. The van der Waals surface area contributed by atoms with Gasteiger partial charge in [0.2, 0.25) is 5.88 Å². The van der Waals surface area contributed by atoms with Crippen LogP contribution in [0.4, 0.5) is 0 Å². The zero-order valence-corrected chi connectivity index (χ0v) is 15.6. The number of hydrogen-bond acceptors (Lipinski definition) is 6. The number of ether oxygens (including phenoxy) is 1. The molecule has 3 aromatic rings. The first kappa shape index (κ1) is 19.1. The van der Waals surface area contributed by atoms with Gasteiger partial charge in [0, 0.05) is 23.9 Å². The third-order valence-corrected chi connectivity index (χ3v) is 4.20. The zero-order chi connectivity index (χ0) is 20.4. The number of nitrogens with one attached hydrogen (secondary N) is 2. The summed E-state index contributed by atoms with van der Waals surface area (Å²) < 4.78 is 6.68. The van der Waals surface area contributed by atoms with Crippen LogP contribution in [0.2, 0.25) is 5.02 Å². The SMILES string of the molecule is CC(C)c1cc(Oc2ccc(-n3cc(C#N)c(=O)[nH]c3=O)c(Cl)c2)n[nH]c1=O. The lowest BCUT2D eigenvalue weighted by atomic mass is 10.1. The molecular weight excluding hydrogens is 386 g/mol. The Hall–Kier alpha value is -3.64. The molecule has 1 aromatic carbocycles. The number of nitrogens with zero attached hydrogens (tertiary/aromatic N) is 3. The second-order valence-electron chi connectivity index (χ2n) is 6.14. The van der Waals surface area contributed by atoms with Crippen LogP contribution in [-0.4, -0.2) is 19.7 Å². The fraction of sp³-hybridized carbons (Fsp3) is 0.167. The van der Waals surface area contributed by atoms with Gasteiger partial charge in [-0.1, -0.05) is 25.4 Å². The van der Waals surface area contributed by atoms with Gasteiger partial charge < -0.3 is 4.74 Å². The molecule has 2 heterocycles. The molecule has 0 bridgehead atoms. The molecule has 0 atom stereocenters. The molecule has 3 rings (SSSR count). The number of nitriles is 1. The predicted octanol–water partition coefficient (Wildman–Crippen LogP) is 2.05. The molecule has 0 unspecified atom stereocenters. The summed E-state index contributed by atoms with van der Waals surface area (Å²) in [4.78, 5) is 37.4. The van der Waals surface area contributed by atoms with Gasteiger partial charge in [0.25, 0.3) is 11.1 Å². The molecule has 10 heteroatoms. The smallest absolute Gasteiger partial charge is 0.333 e. The Kier molecular flexibility index (Phi) is 5.15. The Labute approximate surface area is 162 Å². The lowest BCUT2D eigenvalue weighted by molar-refractivity contribution is 0.452. The maximum Gasteiger partial charge on any atom is 0.333 e. The molecule has 0 aliphatic carbocycles. The van der Waals surface area contributed by atoms with E-state index in [1.54, 1.807) is 6.07 Å². The first-order chi connectivity index (χ1) is 13.3. The quantitative estimate of drug-likeness (QED) is 0.689. The van der Waals surface area contributed by atoms with E-state index in [0.717, 1.165) is 10.8 Å². The average molecular weight is 400 g/mol. The minimum Gasteiger partial charge on any atom is -0.438 e. The van der Waals surface area contributed by atoms with Crippen LogP contribution in [0.1, 0.15) is 30.9 Å². The molecule has 0 radical (unpaired) electrons. The fourth-order valence-corrected chi connectivity index (χ4v) is 2.74. The van der Waals surface area contributed by atoms with Gasteiger partial charge in [0.15, 0.2) is 0 Å². The molecule has 0 fully saturated rings. The molecule has 0 saturated heterocycles. The molecule has 0 aliphatic heterocycles. The van der Waals surface area contributed by atoms with E-state index in [0.29, 0.717) is 11.3 Å². The van der Waals surface area contributed by atoms with Crippen molar-refractivity contribution in [2.24, 2.45) is 0 Å². The summed E-state index contributed by atoms with van der Waals surface area (Å²) in [5.74, 6) is 0.489.